The first-order valence-corrected chi connectivity index (χ1v) is 9.19. The number of rotatable bonds is 6. The number of nitrogens with zero attached hydrogens (tertiary/aromatic N) is 2. The second-order valence-corrected chi connectivity index (χ2v) is 6.63. The average Bonchev–Trinajstić information content (AvgIpc) is 3.37. The monoisotopic (exact) mass is 379 g/mol. The molecule has 1 aliphatic rings. The van der Waals surface area contributed by atoms with E-state index in [-0.39, 0.29) is 11.9 Å². The topological polar surface area (TPSA) is 86.5 Å². The molecule has 0 bridgehead atoms. The van der Waals surface area contributed by atoms with Crippen LogP contribution in [0.15, 0.2) is 53.2 Å². The van der Waals surface area contributed by atoms with Crippen LogP contribution in [-0.2, 0) is 11.3 Å². The first-order valence-electron chi connectivity index (χ1n) is 9.19. The summed E-state index contributed by atoms with van der Waals surface area (Å²) in [5.41, 5.74) is 2.97. The second-order valence-electron chi connectivity index (χ2n) is 6.63. The SMILES string of the molecule is Cc1onc(-c2ccccc2)c1COc1ccc(C(=O)N[C@H]2CCOC2)nc1. The molecular formula is C21H21N3O4. The Morgan fingerprint density at radius 3 is 2.82 bits per heavy atom. The fourth-order valence-corrected chi connectivity index (χ4v) is 3.05. The van der Waals surface area contributed by atoms with E-state index in [1.165, 1.54) is 0 Å². The molecule has 1 aliphatic heterocycles. The zero-order chi connectivity index (χ0) is 19.3. The molecule has 1 aromatic carbocycles. The van der Waals surface area contributed by atoms with Crippen LogP contribution >= 0.6 is 0 Å². The molecule has 3 heterocycles. The standard InChI is InChI=1S/C21H21N3O4/c1-14-18(20(24-28-14)15-5-3-2-4-6-15)13-27-17-7-8-19(22-11-17)21(25)23-16-9-10-26-12-16/h2-8,11,16H,9-10,12-13H2,1H3,(H,23,25)/t16-/m0/s1. The molecule has 0 spiro atoms. The van der Waals surface area contributed by atoms with Gasteiger partial charge in [0.1, 0.15) is 29.5 Å². The van der Waals surface area contributed by atoms with Crippen molar-refractivity contribution >= 4 is 5.91 Å². The third-order valence-corrected chi connectivity index (χ3v) is 4.65. The number of carbonyl (C=O) groups excluding carboxylic acids is 1. The van der Waals surface area contributed by atoms with Crippen molar-refractivity contribution in [3.05, 3.63) is 65.7 Å². The molecule has 28 heavy (non-hydrogen) atoms. The van der Waals surface area contributed by atoms with Crippen molar-refractivity contribution in [3.8, 4) is 17.0 Å². The van der Waals surface area contributed by atoms with Gasteiger partial charge >= 0.3 is 0 Å². The molecule has 7 heteroatoms. The summed E-state index contributed by atoms with van der Waals surface area (Å²) in [7, 11) is 0. The number of hydrogen-bond acceptors (Lipinski definition) is 6. The van der Waals surface area contributed by atoms with E-state index in [0.717, 1.165) is 23.2 Å². The highest BCUT2D eigenvalue weighted by molar-refractivity contribution is 5.92. The summed E-state index contributed by atoms with van der Waals surface area (Å²) in [5, 5.41) is 7.06. The maximum Gasteiger partial charge on any atom is 0.270 e. The summed E-state index contributed by atoms with van der Waals surface area (Å²) in [6, 6.07) is 13.3. The Bertz CT molecular complexity index is 932. The van der Waals surface area contributed by atoms with Crippen LogP contribution in [0.2, 0.25) is 0 Å². The van der Waals surface area contributed by atoms with Crippen LogP contribution in [0, 0.1) is 6.92 Å². The number of carbonyl (C=O) groups is 1. The van der Waals surface area contributed by atoms with Gasteiger partial charge in [-0.3, -0.25) is 4.79 Å². The van der Waals surface area contributed by atoms with Gasteiger partial charge in [0.05, 0.1) is 24.4 Å². The highest BCUT2D eigenvalue weighted by atomic mass is 16.5. The van der Waals surface area contributed by atoms with Crippen molar-refractivity contribution in [2.45, 2.75) is 26.0 Å². The van der Waals surface area contributed by atoms with Gasteiger partial charge in [-0.2, -0.15) is 0 Å². The first-order chi connectivity index (χ1) is 13.7. The molecular weight excluding hydrogens is 358 g/mol. The summed E-state index contributed by atoms with van der Waals surface area (Å²) in [6.07, 6.45) is 2.37. The zero-order valence-corrected chi connectivity index (χ0v) is 15.6. The number of benzene rings is 1. The van der Waals surface area contributed by atoms with E-state index in [0.29, 0.717) is 37.0 Å². The molecule has 0 aliphatic carbocycles. The molecule has 4 rings (SSSR count). The largest absolute Gasteiger partial charge is 0.487 e. The third-order valence-electron chi connectivity index (χ3n) is 4.65. The lowest BCUT2D eigenvalue weighted by molar-refractivity contribution is 0.0925. The minimum atomic E-state index is -0.205. The number of pyridine rings is 1. The maximum atomic E-state index is 12.2. The van der Waals surface area contributed by atoms with Gasteiger partial charge < -0.3 is 19.3 Å². The fraction of sp³-hybridized carbons (Fsp3) is 0.286. The molecule has 0 unspecified atom stereocenters. The Morgan fingerprint density at radius 2 is 2.11 bits per heavy atom. The van der Waals surface area contributed by atoms with E-state index in [1.54, 1.807) is 18.3 Å². The van der Waals surface area contributed by atoms with Crippen LogP contribution in [0.1, 0.15) is 28.2 Å². The van der Waals surface area contributed by atoms with E-state index in [1.807, 2.05) is 37.3 Å². The molecule has 1 amide bonds. The molecule has 3 aromatic rings. The Balaban J connectivity index is 1.40. The Morgan fingerprint density at radius 1 is 1.25 bits per heavy atom. The van der Waals surface area contributed by atoms with Crippen molar-refractivity contribution in [3.63, 3.8) is 0 Å². The lowest BCUT2D eigenvalue weighted by Gasteiger charge is -2.10. The second kappa shape index (κ2) is 8.22. The lowest BCUT2D eigenvalue weighted by Crippen LogP contribution is -2.35. The molecule has 1 saturated heterocycles. The molecule has 0 radical (unpaired) electrons. The van der Waals surface area contributed by atoms with Crippen LogP contribution in [0.5, 0.6) is 5.75 Å². The zero-order valence-electron chi connectivity index (χ0n) is 15.6. The molecule has 1 N–H and O–H groups in total. The minimum absolute atomic E-state index is 0.0539. The van der Waals surface area contributed by atoms with E-state index in [2.05, 4.69) is 15.5 Å². The first kappa shape index (κ1) is 18.2. The third kappa shape index (κ3) is 4.04. The highest BCUT2D eigenvalue weighted by Crippen LogP contribution is 2.26. The molecule has 144 valence electrons. The number of aromatic nitrogens is 2. The number of nitrogens with one attached hydrogen (secondary N) is 1. The van der Waals surface area contributed by atoms with Gasteiger partial charge in [-0.1, -0.05) is 35.5 Å². The van der Waals surface area contributed by atoms with Crippen molar-refractivity contribution in [2.75, 3.05) is 13.2 Å². The van der Waals surface area contributed by atoms with Gasteiger partial charge in [0, 0.05) is 12.2 Å². The summed E-state index contributed by atoms with van der Waals surface area (Å²) in [5.74, 6) is 1.07. The molecule has 0 saturated carbocycles. The van der Waals surface area contributed by atoms with Crippen LogP contribution in [0.25, 0.3) is 11.3 Å². The molecule has 1 atom stereocenters. The van der Waals surface area contributed by atoms with E-state index < -0.39 is 0 Å². The van der Waals surface area contributed by atoms with Crippen molar-refractivity contribution < 1.29 is 18.8 Å². The van der Waals surface area contributed by atoms with Gasteiger partial charge in [0.2, 0.25) is 0 Å². The fourth-order valence-electron chi connectivity index (χ4n) is 3.05. The van der Waals surface area contributed by atoms with Crippen LogP contribution < -0.4 is 10.1 Å². The quantitative estimate of drug-likeness (QED) is 0.708. The number of amides is 1. The van der Waals surface area contributed by atoms with Crippen LogP contribution in [0.4, 0.5) is 0 Å². The lowest BCUT2D eigenvalue weighted by atomic mass is 10.1. The predicted octanol–water partition coefficient (Wildman–Crippen LogP) is 3.14. The van der Waals surface area contributed by atoms with E-state index >= 15 is 0 Å². The molecule has 1 fully saturated rings. The van der Waals surface area contributed by atoms with E-state index in [9.17, 15) is 4.79 Å². The highest BCUT2D eigenvalue weighted by Gasteiger charge is 2.19. The Hall–Kier alpha value is -3.19. The van der Waals surface area contributed by atoms with E-state index in [4.69, 9.17) is 14.0 Å². The predicted molar refractivity (Wildman–Crippen MR) is 102 cm³/mol. The Kier molecular flexibility index (Phi) is 5.34. The summed E-state index contributed by atoms with van der Waals surface area (Å²) >= 11 is 0. The normalized spacial score (nSPS) is 16.1. The average molecular weight is 379 g/mol. The van der Waals surface area contributed by atoms with Crippen LogP contribution in [0.3, 0.4) is 0 Å². The van der Waals surface area contributed by atoms with Crippen LogP contribution in [-0.4, -0.2) is 35.3 Å². The van der Waals surface area contributed by atoms with Gasteiger partial charge in [0.15, 0.2) is 0 Å². The van der Waals surface area contributed by atoms with Crippen molar-refractivity contribution in [2.24, 2.45) is 0 Å². The molecule has 2 aromatic heterocycles. The maximum absolute atomic E-state index is 12.2. The van der Waals surface area contributed by atoms with Gasteiger partial charge in [0.25, 0.3) is 5.91 Å². The minimum Gasteiger partial charge on any atom is -0.487 e. The summed E-state index contributed by atoms with van der Waals surface area (Å²) in [4.78, 5) is 16.4. The number of hydrogen-bond donors (Lipinski definition) is 1. The summed E-state index contributed by atoms with van der Waals surface area (Å²) < 4.78 is 16.5. The number of ether oxygens (including phenoxy) is 2. The van der Waals surface area contributed by atoms with Gasteiger partial charge in [-0.15, -0.1) is 0 Å². The smallest absolute Gasteiger partial charge is 0.270 e. The van der Waals surface area contributed by atoms with Crippen molar-refractivity contribution in [1.82, 2.24) is 15.5 Å². The summed E-state index contributed by atoms with van der Waals surface area (Å²) in [6.45, 7) is 3.38. The van der Waals surface area contributed by atoms with Crippen molar-refractivity contribution in [1.29, 1.82) is 0 Å². The van der Waals surface area contributed by atoms with Gasteiger partial charge in [-0.05, 0) is 25.5 Å². The molecule has 7 nitrogen and oxygen atoms in total. The number of aryl methyl sites for hydroxylation is 1. The Labute approximate surface area is 162 Å². The van der Waals surface area contributed by atoms with Gasteiger partial charge in [-0.25, -0.2) is 4.98 Å².